The Labute approximate surface area is 63.2 Å². The summed E-state index contributed by atoms with van der Waals surface area (Å²) in [7, 11) is 0. The Morgan fingerprint density at radius 2 is 2.40 bits per heavy atom. The van der Waals surface area contributed by atoms with Crippen LogP contribution < -0.4 is 0 Å². The maximum atomic E-state index is 5.32. The molecule has 0 saturated carbocycles. The summed E-state index contributed by atoms with van der Waals surface area (Å²) in [6.45, 7) is 8.64. The van der Waals surface area contributed by atoms with Crippen LogP contribution in [0.1, 0.15) is 20.3 Å². The van der Waals surface area contributed by atoms with Gasteiger partial charge in [-0.15, -0.1) is 0 Å². The quantitative estimate of drug-likeness (QED) is 0.574. The number of morpholine rings is 1. The average molecular weight is 143 g/mol. The highest BCUT2D eigenvalue weighted by Crippen LogP contribution is 2.05. The van der Waals surface area contributed by atoms with Gasteiger partial charge in [0.1, 0.15) is 0 Å². The molecular weight excluding hydrogens is 126 g/mol. The van der Waals surface area contributed by atoms with Crippen LogP contribution in [0.4, 0.5) is 0 Å². The lowest BCUT2D eigenvalue weighted by Gasteiger charge is -2.32. The highest BCUT2D eigenvalue weighted by Gasteiger charge is 2.16. The molecular formula is C8H17NO. The largest absolute Gasteiger partial charge is 0.379 e. The van der Waals surface area contributed by atoms with Gasteiger partial charge in [-0.1, -0.05) is 6.92 Å². The van der Waals surface area contributed by atoms with Crippen LogP contribution in [-0.2, 0) is 4.74 Å². The Balaban J connectivity index is 2.25. The van der Waals surface area contributed by atoms with E-state index in [1.165, 1.54) is 13.0 Å². The van der Waals surface area contributed by atoms with Crippen LogP contribution >= 0.6 is 0 Å². The molecule has 0 radical (unpaired) electrons. The van der Waals surface area contributed by atoms with Crippen LogP contribution in [0.3, 0.4) is 0 Å². The maximum absolute atomic E-state index is 5.32. The molecule has 0 bridgehead atoms. The molecule has 0 aromatic rings. The van der Waals surface area contributed by atoms with Crippen molar-refractivity contribution < 1.29 is 4.74 Å². The highest BCUT2D eigenvalue weighted by atomic mass is 16.5. The summed E-state index contributed by atoms with van der Waals surface area (Å²) < 4.78 is 5.32. The van der Waals surface area contributed by atoms with Crippen LogP contribution in [0.5, 0.6) is 0 Å². The molecule has 10 heavy (non-hydrogen) atoms. The molecule has 1 aliphatic heterocycles. The van der Waals surface area contributed by atoms with E-state index in [1.807, 2.05) is 0 Å². The van der Waals surface area contributed by atoms with Crippen molar-refractivity contribution in [1.82, 2.24) is 4.90 Å². The molecule has 60 valence electrons. The molecule has 1 saturated heterocycles. The van der Waals surface area contributed by atoms with Gasteiger partial charge in [-0.2, -0.15) is 0 Å². The van der Waals surface area contributed by atoms with E-state index in [2.05, 4.69) is 18.7 Å². The van der Waals surface area contributed by atoms with Crippen molar-refractivity contribution in [2.45, 2.75) is 26.3 Å². The van der Waals surface area contributed by atoms with Crippen molar-refractivity contribution in [2.24, 2.45) is 0 Å². The van der Waals surface area contributed by atoms with E-state index in [4.69, 9.17) is 4.74 Å². The van der Waals surface area contributed by atoms with E-state index in [9.17, 15) is 0 Å². The second-order valence-electron chi connectivity index (χ2n) is 2.96. The molecule has 0 aromatic heterocycles. The minimum absolute atomic E-state index is 0.633. The van der Waals surface area contributed by atoms with Crippen molar-refractivity contribution in [3.63, 3.8) is 0 Å². The topological polar surface area (TPSA) is 12.5 Å². The van der Waals surface area contributed by atoms with E-state index >= 15 is 0 Å². The molecule has 0 aliphatic carbocycles. The van der Waals surface area contributed by atoms with Gasteiger partial charge in [-0.05, 0) is 19.9 Å². The van der Waals surface area contributed by atoms with Crippen molar-refractivity contribution in [3.05, 3.63) is 0 Å². The van der Waals surface area contributed by atoms with Gasteiger partial charge in [0.05, 0.1) is 13.2 Å². The number of ether oxygens (including phenoxy) is 1. The van der Waals surface area contributed by atoms with E-state index < -0.39 is 0 Å². The fourth-order valence-corrected chi connectivity index (χ4v) is 1.38. The van der Waals surface area contributed by atoms with Gasteiger partial charge < -0.3 is 4.74 Å². The first-order chi connectivity index (χ1) is 4.84. The van der Waals surface area contributed by atoms with Crippen molar-refractivity contribution in [2.75, 3.05) is 26.3 Å². The summed E-state index contributed by atoms with van der Waals surface area (Å²) >= 11 is 0. The molecule has 1 rings (SSSR count). The summed E-state index contributed by atoms with van der Waals surface area (Å²) in [4.78, 5) is 2.49. The number of hydrogen-bond donors (Lipinski definition) is 0. The average Bonchev–Trinajstić information content (AvgIpc) is 1.94. The first-order valence-corrected chi connectivity index (χ1v) is 4.16. The second-order valence-corrected chi connectivity index (χ2v) is 2.96. The molecule has 1 fully saturated rings. The van der Waals surface area contributed by atoms with E-state index in [0.717, 1.165) is 19.8 Å². The Hall–Kier alpha value is -0.0800. The zero-order chi connectivity index (χ0) is 7.40. The van der Waals surface area contributed by atoms with Crippen molar-refractivity contribution in [1.29, 1.82) is 0 Å². The lowest BCUT2D eigenvalue weighted by Crippen LogP contribution is -2.43. The molecule has 0 spiro atoms. The second kappa shape index (κ2) is 3.94. The van der Waals surface area contributed by atoms with Gasteiger partial charge in [0.25, 0.3) is 0 Å². The monoisotopic (exact) mass is 143 g/mol. The lowest BCUT2D eigenvalue weighted by atomic mass is 10.2. The fraction of sp³-hybridized carbons (Fsp3) is 1.00. The molecule has 1 heterocycles. The third-order valence-electron chi connectivity index (χ3n) is 2.02. The first-order valence-electron chi connectivity index (χ1n) is 4.16. The van der Waals surface area contributed by atoms with E-state index in [1.54, 1.807) is 0 Å². The fourth-order valence-electron chi connectivity index (χ4n) is 1.38. The third kappa shape index (κ3) is 1.96. The SMILES string of the molecule is CCCN1CCOCC1C. The lowest BCUT2D eigenvalue weighted by molar-refractivity contribution is -0.0000899. The van der Waals surface area contributed by atoms with E-state index in [-0.39, 0.29) is 0 Å². The van der Waals surface area contributed by atoms with Crippen LogP contribution in [-0.4, -0.2) is 37.2 Å². The van der Waals surface area contributed by atoms with Gasteiger partial charge in [-0.3, -0.25) is 4.90 Å². The van der Waals surface area contributed by atoms with Gasteiger partial charge in [0.2, 0.25) is 0 Å². The first kappa shape index (κ1) is 8.02. The predicted molar refractivity (Wildman–Crippen MR) is 42.1 cm³/mol. The molecule has 2 heteroatoms. The van der Waals surface area contributed by atoms with Gasteiger partial charge in [0, 0.05) is 12.6 Å². The highest BCUT2D eigenvalue weighted by molar-refractivity contribution is 4.69. The number of rotatable bonds is 2. The Bertz CT molecular complexity index is 93.3. The molecule has 0 N–H and O–H groups in total. The van der Waals surface area contributed by atoms with Crippen LogP contribution in [0.25, 0.3) is 0 Å². The summed E-state index contributed by atoms with van der Waals surface area (Å²) in [5, 5.41) is 0. The zero-order valence-corrected chi connectivity index (χ0v) is 6.97. The normalized spacial score (nSPS) is 28.8. The predicted octanol–water partition coefficient (Wildman–Crippen LogP) is 1.12. The van der Waals surface area contributed by atoms with E-state index in [0.29, 0.717) is 6.04 Å². The standard InChI is InChI=1S/C8H17NO/c1-3-4-9-5-6-10-7-8(9)2/h8H,3-7H2,1-2H3. The van der Waals surface area contributed by atoms with Crippen molar-refractivity contribution in [3.8, 4) is 0 Å². The smallest absolute Gasteiger partial charge is 0.0619 e. The molecule has 1 unspecified atom stereocenters. The molecule has 1 aliphatic rings. The number of hydrogen-bond acceptors (Lipinski definition) is 2. The Kier molecular flexibility index (Phi) is 3.16. The molecule has 1 atom stereocenters. The van der Waals surface area contributed by atoms with Crippen LogP contribution in [0.2, 0.25) is 0 Å². The molecule has 0 aromatic carbocycles. The van der Waals surface area contributed by atoms with Gasteiger partial charge in [0.15, 0.2) is 0 Å². The summed E-state index contributed by atoms with van der Waals surface area (Å²) in [5.74, 6) is 0. The summed E-state index contributed by atoms with van der Waals surface area (Å²) in [5.41, 5.74) is 0. The minimum atomic E-state index is 0.633. The molecule has 2 nitrogen and oxygen atoms in total. The van der Waals surface area contributed by atoms with Gasteiger partial charge >= 0.3 is 0 Å². The number of nitrogens with zero attached hydrogens (tertiary/aromatic N) is 1. The Morgan fingerprint density at radius 3 is 3.00 bits per heavy atom. The summed E-state index contributed by atoms with van der Waals surface area (Å²) in [6, 6.07) is 0.633. The van der Waals surface area contributed by atoms with Crippen molar-refractivity contribution >= 4 is 0 Å². The maximum Gasteiger partial charge on any atom is 0.0619 e. The molecule has 0 amide bonds. The Morgan fingerprint density at radius 1 is 1.60 bits per heavy atom. The minimum Gasteiger partial charge on any atom is -0.379 e. The third-order valence-corrected chi connectivity index (χ3v) is 2.02. The van der Waals surface area contributed by atoms with Gasteiger partial charge in [-0.25, -0.2) is 0 Å². The summed E-state index contributed by atoms with van der Waals surface area (Å²) in [6.07, 6.45) is 1.25. The van der Waals surface area contributed by atoms with Crippen LogP contribution in [0.15, 0.2) is 0 Å². The van der Waals surface area contributed by atoms with Crippen LogP contribution in [0, 0.1) is 0 Å². The zero-order valence-electron chi connectivity index (χ0n) is 6.97.